The molecule has 7 rings (SSSR count). The van der Waals surface area contributed by atoms with Crippen LogP contribution >= 0.6 is 23.4 Å². The third-order valence-electron chi connectivity index (χ3n) is 9.53. The van der Waals surface area contributed by atoms with Crippen molar-refractivity contribution in [3.63, 3.8) is 0 Å². The van der Waals surface area contributed by atoms with Crippen LogP contribution in [0, 0.1) is 5.82 Å². The number of thioether (sulfide) groups is 1. The average molecular weight is 744 g/mol. The highest BCUT2D eigenvalue weighted by Crippen LogP contribution is 2.34. The van der Waals surface area contributed by atoms with E-state index in [-0.39, 0.29) is 46.7 Å². The number of rotatable bonds is 7. The van der Waals surface area contributed by atoms with Crippen molar-refractivity contribution in [2.45, 2.75) is 50.2 Å². The van der Waals surface area contributed by atoms with Gasteiger partial charge in [0.2, 0.25) is 17.7 Å². The zero-order valence-electron chi connectivity index (χ0n) is 28.7. The first-order valence-electron chi connectivity index (χ1n) is 16.8. The minimum absolute atomic E-state index is 0.00433. The van der Waals surface area contributed by atoms with Crippen LogP contribution in [0.25, 0.3) is 17.1 Å². The van der Waals surface area contributed by atoms with Gasteiger partial charge in [-0.05, 0) is 53.8 Å². The summed E-state index contributed by atoms with van der Waals surface area (Å²) in [6.07, 6.45) is -0.00736. The molecule has 52 heavy (non-hydrogen) atoms. The Kier molecular flexibility index (Phi) is 9.38. The van der Waals surface area contributed by atoms with Gasteiger partial charge in [0.25, 0.3) is 11.8 Å². The standard InChI is InChI=1S/C37H35ClFN7O5S/c1-37(2,3)22-6-4-21(5-7-22)32-41-42-36(45(32)24-10-8-23(38)9-11-24)52-20-31(48)44-16-14-43(15-17-44)29-19-26-25(18-27(29)39)34(50)46(35(26)51)28-12-13-30(47)40-33(28)49/h4-11,18-19,28H,12-17,20H2,1-3H3,(H,40,47,49). The van der Waals surface area contributed by atoms with E-state index in [1.165, 1.54) is 23.4 Å². The summed E-state index contributed by atoms with van der Waals surface area (Å²) in [6.45, 7) is 7.66. The van der Waals surface area contributed by atoms with Crippen LogP contribution < -0.4 is 10.2 Å². The molecule has 4 heterocycles. The van der Waals surface area contributed by atoms with Crippen LogP contribution in [-0.4, -0.2) is 92.1 Å². The summed E-state index contributed by atoms with van der Waals surface area (Å²) >= 11 is 7.45. The van der Waals surface area contributed by atoms with Crippen LogP contribution in [0.5, 0.6) is 0 Å². The number of carbonyl (C=O) groups excluding carboxylic acids is 5. The van der Waals surface area contributed by atoms with Gasteiger partial charge in [0.05, 0.1) is 22.6 Å². The first-order chi connectivity index (χ1) is 24.8. The number of nitrogens with zero attached hydrogens (tertiary/aromatic N) is 6. The normalized spacial score (nSPS) is 17.9. The molecule has 5 amide bonds. The summed E-state index contributed by atoms with van der Waals surface area (Å²) in [7, 11) is 0. The zero-order valence-corrected chi connectivity index (χ0v) is 30.3. The maximum Gasteiger partial charge on any atom is 0.262 e. The van der Waals surface area contributed by atoms with E-state index in [0.29, 0.717) is 42.2 Å². The molecule has 1 unspecified atom stereocenters. The van der Waals surface area contributed by atoms with Crippen molar-refractivity contribution in [3.8, 4) is 17.1 Å². The predicted molar refractivity (Wildman–Crippen MR) is 193 cm³/mol. The maximum absolute atomic E-state index is 15.4. The molecule has 2 saturated heterocycles. The van der Waals surface area contributed by atoms with E-state index in [4.69, 9.17) is 11.6 Å². The molecule has 1 atom stereocenters. The number of piperidine rings is 1. The number of halogens is 2. The van der Waals surface area contributed by atoms with Crippen LogP contribution in [-0.2, 0) is 19.8 Å². The summed E-state index contributed by atoms with van der Waals surface area (Å²) in [5, 5.41) is 12.2. The zero-order chi connectivity index (χ0) is 36.9. The largest absolute Gasteiger partial charge is 0.366 e. The van der Waals surface area contributed by atoms with E-state index in [0.717, 1.165) is 22.2 Å². The van der Waals surface area contributed by atoms with Gasteiger partial charge in [-0.1, -0.05) is 68.4 Å². The number of amides is 5. The average Bonchev–Trinajstić information content (AvgIpc) is 3.64. The van der Waals surface area contributed by atoms with Crippen molar-refractivity contribution in [1.82, 2.24) is 29.9 Å². The molecule has 2 fully saturated rings. The van der Waals surface area contributed by atoms with E-state index in [1.54, 1.807) is 21.9 Å². The van der Waals surface area contributed by atoms with Crippen LogP contribution in [0.15, 0.2) is 65.8 Å². The Balaban J connectivity index is 1.03. The number of aromatic nitrogens is 3. The fraction of sp³-hybridized carbons (Fsp3) is 0.324. The summed E-state index contributed by atoms with van der Waals surface area (Å²) in [6, 6.07) is 16.7. The second kappa shape index (κ2) is 13.8. The SMILES string of the molecule is CC(C)(C)c1ccc(-c2nnc(SCC(=O)N3CCN(c4cc5c(cc4F)C(=O)N(C4CCC(=O)NC4=O)C5=O)CC3)n2-c2ccc(Cl)cc2)cc1. The summed E-state index contributed by atoms with van der Waals surface area (Å²) in [5.74, 6) is -2.79. The lowest BCUT2D eigenvalue weighted by molar-refractivity contribution is -0.136. The van der Waals surface area contributed by atoms with E-state index >= 15 is 4.39 Å². The molecule has 268 valence electrons. The van der Waals surface area contributed by atoms with E-state index in [2.05, 4.69) is 48.4 Å². The van der Waals surface area contributed by atoms with E-state index in [9.17, 15) is 24.0 Å². The fourth-order valence-electron chi connectivity index (χ4n) is 6.63. The highest BCUT2D eigenvalue weighted by Gasteiger charge is 2.45. The molecule has 3 aliphatic rings. The minimum Gasteiger partial charge on any atom is -0.366 e. The summed E-state index contributed by atoms with van der Waals surface area (Å²) in [5.41, 5.74) is 2.85. The molecule has 12 nitrogen and oxygen atoms in total. The lowest BCUT2D eigenvalue weighted by Gasteiger charge is -2.36. The van der Waals surface area contributed by atoms with Gasteiger partial charge in [-0.2, -0.15) is 0 Å². The molecule has 15 heteroatoms. The number of hydrogen-bond acceptors (Lipinski definition) is 9. The molecule has 3 aliphatic heterocycles. The van der Waals surface area contributed by atoms with Gasteiger partial charge in [0.15, 0.2) is 11.0 Å². The Labute approximate surface area is 308 Å². The number of fused-ring (bicyclic) bond motifs is 1. The van der Waals surface area contributed by atoms with Crippen molar-refractivity contribution in [2.75, 3.05) is 36.8 Å². The molecular formula is C37H35ClFN7O5S. The van der Waals surface area contributed by atoms with Gasteiger partial charge >= 0.3 is 0 Å². The number of piperazine rings is 1. The molecule has 0 radical (unpaired) electrons. The number of hydrogen-bond donors (Lipinski definition) is 1. The van der Waals surface area contributed by atoms with Gasteiger partial charge in [-0.25, -0.2) is 4.39 Å². The van der Waals surface area contributed by atoms with Gasteiger partial charge < -0.3 is 9.80 Å². The molecule has 0 aliphatic carbocycles. The first-order valence-corrected chi connectivity index (χ1v) is 18.2. The Bertz CT molecular complexity index is 2110. The quantitative estimate of drug-likeness (QED) is 0.208. The number of carbonyl (C=O) groups is 5. The lowest BCUT2D eigenvalue weighted by atomic mass is 9.87. The van der Waals surface area contributed by atoms with Crippen LogP contribution in [0.1, 0.15) is 59.9 Å². The number of imide groups is 2. The molecule has 1 aromatic heterocycles. The van der Waals surface area contributed by atoms with Crippen LogP contribution in [0.3, 0.4) is 0 Å². The summed E-state index contributed by atoms with van der Waals surface area (Å²) < 4.78 is 17.3. The van der Waals surface area contributed by atoms with Crippen molar-refractivity contribution in [3.05, 3.63) is 88.2 Å². The van der Waals surface area contributed by atoms with Crippen molar-refractivity contribution >= 4 is 58.6 Å². The summed E-state index contributed by atoms with van der Waals surface area (Å²) in [4.78, 5) is 68.1. The number of benzene rings is 3. The van der Waals surface area contributed by atoms with E-state index < -0.39 is 35.5 Å². The molecule has 0 spiro atoms. The molecule has 4 aromatic rings. The Morgan fingerprint density at radius 3 is 2.21 bits per heavy atom. The molecule has 3 aromatic carbocycles. The van der Waals surface area contributed by atoms with Crippen molar-refractivity contribution in [2.24, 2.45) is 0 Å². The van der Waals surface area contributed by atoms with Crippen LogP contribution in [0.2, 0.25) is 5.02 Å². The Hall–Kier alpha value is -5.08. The van der Waals surface area contributed by atoms with Gasteiger partial charge in [0, 0.05) is 48.9 Å². The highest BCUT2D eigenvalue weighted by atomic mass is 35.5. The predicted octanol–water partition coefficient (Wildman–Crippen LogP) is 4.87. The smallest absolute Gasteiger partial charge is 0.262 e. The number of anilines is 1. The highest BCUT2D eigenvalue weighted by molar-refractivity contribution is 7.99. The minimum atomic E-state index is -1.14. The van der Waals surface area contributed by atoms with Gasteiger partial charge in [0.1, 0.15) is 11.9 Å². The second-order valence-electron chi connectivity index (χ2n) is 13.9. The van der Waals surface area contributed by atoms with Crippen LogP contribution in [0.4, 0.5) is 10.1 Å². The maximum atomic E-state index is 15.4. The fourth-order valence-corrected chi connectivity index (χ4v) is 7.61. The van der Waals surface area contributed by atoms with Crippen molar-refractivity contribution in [1.29, 1.82) is 0 Å². The molecule has 1 N–H and O–H groups in total. The van der Waals surface area contributed by atoms with Gasteiger partial charge in [-0.15, -0.1) is 10.2 Å². The number of nitrogens with one attached hydrogen (secondary N) is 1. The lowest BCUT2D eigenvalue weighted by Crippen LogP contribution is -2.54. The molecule has 0 bridgehead atoms. The first kappa shape index (κ1) is 35.3. The molecule has 0 saturated carbocycles. The third kappa shape index (κ3) is 6.68. The van der Waals surface area contributed by atoms with Crippen molar-refractivity contribution < 1.29 is 28.4 Å². The molecular weight excluding hydrogens is 709 g/mol. The van der Waals surface area contributed by atoms with Gasteiger partial charge in [-0.3, -0.25) is 38.8 Å². The monoisotopic (exact) mass is 743 g/mol. The third-order valence-corrected chi connectivity index (χ3v) is 10.7. The Morgan fingerprint density at radius 1 is 0.923 bits per heavy atom. The second-order valence-corrected chi connectivity index (χ2v) is 15.3. The Morgan fingerprint density at radius 2 is 1.58 bits per heavy atom. The van der Waals surface area contributed by atoms with E-state index in [1.807, 2.05) is 28.8 Å². The topological polar surface area (TPSA) is 138 Å².